The Morgan fingerprint density at radius 3 is 2.43 bits per heavy atom. The second-order valence-electron chi connectivity index (χ2n) is 5.27. The molecule has 0 aliphatic rings. The first kappa shape index (κ1) is 19.7. The van der Waals surface area contributed by atoms with Gasteiger partial charge in [0.1, 0.15) is 6.04 Å². The van der Waals surface area contributed by atoms with Gasteiger partial charge in [0, 0.05) is 6.54 Å². The molecule has 6 heteroatoms. The lowest BCUT2D eigenvalue weighted by atomic mass is 10.1. The van der Waals surface area contributed by atoms with Crippen molar-refractivity contribution in [1.29, 1.82) is 0 Å². The number of nitrogens with two attached hydrogens (primary N) is 1. The van der Waals surface area contributed by atoms with E-state index in [2.05, 4.69) is 12.2 Å². The van der Waals surface area contributed by atoms with Crippen LogP contribution in [0.5, 0.6) is 0 Å². The van der Waals surface area contributed by atoms with Gasteiger partial charge in [0.05, 0.1) is 6.61 Å². The molecule has 0 fully saturated rings. The zero-order valence-corrected chi connectivity index (χ0v) is 13.1. The van der Waals surface area contributed by atoms with Crippen molar-refractivity contribution in [2.45, 2.75) is 70.8 Å². The lowest BCUT2D eigenvalue weighted by Crippen LogP contribution is -2.30. The minimum atomic E-state index is -0.985. The summed E-state index contributed by atoms with van der Waals surface area (Å²) in [5, 5.41) is 11.2. The van der Waals surface area contributed by atoms with Crippen molar-refractivity contribution in [3.63, 3.8) is 0 Å². The van der Waals surface area contributed by atoms with Crippen LogP contribution in [0, 0.1) is 0 Å². The number of aliphatic carboxylic acids is 1. The molecule has 4 N–H and O–H groups in total. The van der Waals surface area contributed by atoms with E-state index in [0.717, 1.165) is 12.8 Å². The highest BCUT2D eigenvalue weighted by molar-refractivity contribution is 5.72. The van der Waals surface area contributed by atoms with Crippen LogP contribution in [0.15, 0.2) is 0 Å². The lowest BCUT2D eigenvalue weighted by Gasteiger charge is -2.08. The van der Waals surface area contributed by atoms with Crippen molar-refractivity contribution < 1.29 is 19.4 Å². The number of amides is 1. The molecule has 0 unspecified atom stereocenters. The van der Waals surface area contributed by atoms with E-state index in [-0.39, 0.29) is 0 Å². The zero-order chi connectivity index (χ0) is 15.9. The van der Waals surface area contributed by atoms with E-state index in [1.54, 1.807) is 0 Å². The highest BCUT2D eigenvalue weighted by Gasteiger charge is 2.10. The Bertz CT molecular complexity index is 285. The van der Waals surface area contributed by atoms with Crippen LogP contribution in [0.2, 0.25) is 0 Å². The fraction of sp³-hybridized carbons (Fsp3) is 0.867. The molecular formula is C15H30N2O4. The topological polar surface area (TPSA) is 102 Å². The molecule has 6 nitrogen and oxygen atoms in total. The number of nitrogens with one attached hydrogen (secondary N) is 1. The number of ether oxygens (including phenoxy) is 1. The second kappa shape index (κ2) is 13.7. The maximum Gasteiger partial charge on any atom is 0.407 e. The Kier molecular flexibility index (Phi) is 12.8. The van der Waals surface area contributed by atoms with Gasteiger partial charge in [0.25, 0.3) is 0 Å². The fourth-order valence-electron chi connectivity index (χ4n) is 1.90. The third-order valence-corrected chi connectivity index (χ3v) is 3.26. The molecule has 21 heavy (non-hydrogen) atoms. The predicted molar refractivity (Wildman–Crippen MR) is 82.2 cm³/mol. The number of alkyl carbamates (subject to hydrolysis) is 1. The van der Waals surface area contributed by atoms with Crippen molar-refractivity contribution in [2.24, 2.45) is 5.73 Å². The van der Waals surface area contributed by atoms with E-state index in [4.69, 9.17) is 15.6 Å². The number of rotatable bonds is 13. The molecule has 0 aromatic heterocycles. The molecule has 1 atom stereocenters. The molecule has 0 aliphatic carbocycles. The summed E-state index contributed by atoms with van der Waals surface area (Å²) in [6.07, 6.45) is 8.35. The number of carbonyl (C=O) groups is 2. The van der Waals surface area contributed by atoms with Gasteiger partial charge in [-0.2, -0.15) is 0 Å². The summed E-state index contributed by atoms with van der Waals surface area (Å²) in [6.45, 7) is 3.13. The number of hydrogen-bond donors (Lipinski definition) is 3. The van der Waals surface area contributed by atoms with Crippen LogP contribution in [0.3, 0.4) is 0 Å². The molecular weight excluding hydrogens is 272 g/mol. The van der Waals surface area contributed by atoms with Crippen molar-refractivity contribution in [3.05, 3.63) is 0 Å². The van der Waals surface area contributed by atoms with Crippen LogP contribution in [0.1, 0.15) is 64.7 Å². The van der Waals surface area contributed by atoms with Gasteiger partial charge < -0.3 is 20.9 Å². The summed E-state index contributed by atoms with van der Waals surface area (Å²) >= 11 is 0. The normalized spacial score (nSPS) is 11.9. The number of carbonyl (C=O) groups excluding carboxylic acids is 1. The van der Waals surface area contributed by atoms with E-state index in [1.807, 2.05) is 0 Å². The minimum absolute atomic E-state index is 0.397. The molecule has 0 saturated heterocycles. The van der Waals surface area contributed by atoms with Crippen LogP contribution in [0.25, 0.3) is 0 Å². The maximum absolute atomic E-state index is 11.3. The minimum Gasteiger partial charge on any atom is -0.480 e. The largest absolute Gasteiger partial charge is 0.480 e. The molecule has 0 aliphatic heterocycles. The summed E-state index contributed by atoms with van der Waals surface area (Å²) in [7, 11) is 0. The lowest BCUT2D eigenvalue weighted by molar-refractivity contribution is -0.138. The molecule has 0 aromatic rings. The third-order valence-electron chi connectivity index (χ3n) is 3.26. The van der Waals surface area contributed by atoms with Gasteiger partial charge in [0.15, 0.2) is 0 Å². The summed E-state index contributed by atoms with van der Waals surface area (Å²) in [4.78, 5) is 21.8. The molecule has 124 valence electrons. The molecule has 0 spiro atoms. The Morgan fingerprint density at radius 1 is 1.10 bits per heavy atom. The smallest absolute Gasteiger partial charge is 0.407 e. The van der Waals surface area contributed by atoms with Crippen LogP contribution in [-0.4, -0.2) is 36.4 Å². The third kappa shape index (κ3) is 13.4. The van der Waals surface area contributed by atoms with Crippen molar-refractivity contribution in [2.75, 3.05) is 13.2 Å². The average molecular weight is 302 g/mol. The molecule has 0 radical (unpaired) electrons. The Hall–Kier alpha value is -1.30. The van der Waals surface area contributed by atoms with Crippen LogP contribution < -0.4 is 11.1 Å². The first-order valence-electron chi connectivity index (χ1n) is 7.97. The van der Waals surface area contributed by atoms with Gasteiger partial charge in [0.2, 0.25) is 0 Å². The standard InChI is InChI=1S/C15H30N2O4/c1-2-3-4-5-6-9-12-21-15(20)17-11-8-7-10-13(16)14(18)19/h13H,2-12,16H2,1H3,(H,17,20)(H,18,19)/t13-/m0/s1. The maximum atomic E-state index is 11.3. The van der Waals surface area contributed by atoms with Gasteiger partial charge in [-0.05, 0) is 25.7 Å². The molecule has 0 aromatic carbocycles. The van der Waals surface area contributed by atoms with Crippen LogP contribution in [0.4, 0.5) is 4.79 Å². The van der Waals surface area contributed by atoms with Gasteiger partial charge in [-0.15, -0.1) is 0 Å². The van der Waals surface area contributed by atoms with Crippen LogP contribution in [-0.2, 0) is 9.53 Å². The number of carboxylic acid groups (broad SMARTS) is 1. The van der Waals surface area contributed by atoms with Crippen molar-refractivity contribution >= 4 is 12.1 Å². The summed E-state index contributed by atoms with van der Waals surface area (Å²) in [6, 6.07) is -0.815. The molecule has 0 saturated carbocycles. The molecule has 1 amide bonds. The SMILES string of the molecule is CCCCCCCCOC(=O)NCCCC[C@H](N)C(=O)O. The summed E-state index contributed by atoms with van der Waals surface area (Å²) in [5.74, 6) is -0.985. The second-order valence-corrected chi connectivity index (χ2v) is 5.27. The summed E-state index contributed by atoms with van der Waals surface area (Å²) < 4.78 is 5.05. The number of carboxylic acids is 1. The fourth-order valence-corrected chi connectivity index (χ4v) is 1.90. The Labute approximate surface area is 127 Å². The van der Waals surface area contributed by atoms with Gasteiger partial charge >= 0.3 is 12.1 Å². The predicted octanol–water partition coefficient (Wildman–Crippen LogP) is 2.66. The highest BCUT2D eigenvalue weighted by Crippen LogP contribution is 2.05. The van der Waals surface area contributed by atoms with E-state index < -0.39 is 18.1 Å². The molecule has 0 bridgehead atoms. The number of hydrogen-bond acceptors (Lipinski definition) is 4. The number of unbranched alkanes of at least 4 members (excludes halogenated alkanes) is 6. The van der Waals surface area contributed by atoms with E-state index in [0.29, 0.717) is 32.4 Å². The quantitative estimate of drug-likeness (QED) is 0.454. The Balaban J connectivity index is 3.29. The Morgan fingerprint density at radius 2 is 1.76 bits per heavy atom. The monoisotopic (exact) mass is 302 g/mol. The molecule has 0 rings (SSSR count). The van der Waals surface area contributed by atoms with E-state index >= 15 is 0 Å². The summed E-state index contributed by atoms with van der Waals surface area (Å²) in [5.41, 5.74) is 5.37. The van der Waals surface area contributed by atoms with Gasteiger partial charge in [-0.25, -0.2) is 4.79 Å². The van der Waals surface area contributed by atoms with Crippen molar-refractivity contribution in [3.8, 4) is 0 Å². The molecule has 0 heterocycles. The van der Waals surface area contributed by atoms with E-state index in [9.17, 15) is 9.59 Å². The first-order valence-corrected chi connectivity index (χ1v) is 7.97. The van der Waals surface area contributed by atoms with Crippen molar-refractivity contribution in [1.82, 2.24) is 5.32 Å². The zero-order valence-electron chi connectivity index (χ0n) is 13.1. The average Bonchev–Trinajstić information content (AvgIpc) is 2.45. The van der Waals surface area contributed by atoms with Gasteiger partial charge in [-0.1, -0.05) is 39.0 Å². The first-order chi connectivity index (χ1) is 10.1. The van der Waals surface area contributed by atoms with E-state index in [1.165, 1.54) is 25.7 Å². The highest BCUT2D eigenvalue weighted by atomic mass is 16.5. The van der Waals surface area contributed by atoms with Crippen LogP contribution >= 0.6 is 0 Å². The van der Waals surface area contributed by atoms with Gasteiger partial charge in [-0.3, -0.25) is 4.79 Å².